The Morgan fingerprint density at radius 1 is 1.20 bits per heavy atom. The van der Waals surface area contributed by atoms with Crippen molar-refractivity contribution in [3.8, 4) is 0 Å². The number of hydrogen-bond donors (Lipinski definition) is 2. The first-order valence-corrected chi connectivity index (χ1v) is 9.44. The van der Waals surface area contributed by atoms with Gasteiger partial charge < -0.3 is 9.73 Å². The van der Waals surface area contributed by atoms with Gasteiger partial charge in [0.2, 0.25) is 0 Å². The average Bonchev–Trinajstić information content (AvgIpc) is 3.10. The lowest BCUT2D eigenvalue weighted by atomic mass is 9.93. The van der Waals surface area contributed by atoms with Crippen molar-refractivity contribution in [1.82, 2.24) is 4.98 Å². The number of anilines is 2. The predicted octanol–water partition coefficient (Wildman–Crippen LogP) is 4.30. The van der Waals surface area contributed by atoms with E-state index < -0.39 is 4.92 Å². The van der Waals surface area contributed by atoms with Crippen molar-refractivity contribution in [3.63, 3.8) is 0 Å². The topological polar surface area (TPSA) is 123 Å². The van der Waals surface area contributed by atoms with Gasteiger partial charge >= 0.3 is 0 Å². The normalized spacial score (nSPS) is 14.2. The van der Waals surface area contributed by atoms with Gasteiger partial charge in [0, 0.05) is 35.9 Å². The van der Waals surface area contributed by atoms with Crippen LogP contribution in [0.2, 0.25) is 0 Å². The predicted molar refractivity (Wildman–Crippen MR) is 112 cm³/mol. The third kappa shape index (κ3) is 3.90. The highest BCUT2D eigenvalue weighted by Gasteiger charge is 2.28. The van der Waals surface area contributed by atoms with Gasteiger partial charge in [0.1, 0.15) is 5.76 Å². The Morgan fingerprint density at radius 2 is 2.00 bits per heavy atom. The second-order valence-electron chi connectivity index (χ2n) is 6.88. The third-order valence-corrected chi connectivity index (χ3v) is 4.85. The molecular weight excluding hydrogens is 386 g/mol. The van der Waals surface area contributed by atoms with Crippen molar-refractivity contribution >= 4 is 28.7 Å². The van der Waals surface area contributed by atoms with E-state index in [0.717, 1.165) is 41.9 Å². The monoisotopic (exact) mass is 405 g/mol. The molecule has 1 amide bonds. The molecule has 4 rings (SSSR count). The SMILES string of the molecule is Cc1c(C(=O)Nc2cccnc2)oc2c1/C(=N/Nc1ccc([N+](=O)[O-])cc1)CCC2. The van der Waals surface area contributed by atoms with E-state index in [0.29, 0.717) is 11.4 Å². The maximum atomic E-state index is 12.7. The lowest BCUT2D eigenvalue weighted by molar-refractivity contribution is -0.384. The van der Waals surface area contributed by atoms with Crippen molar-refractivity contribution in [1.29, 1.82) is 0 Å². The number of nitro groups is 1. The van der Waals surface area contributed by atoms with Crippen LogP contribution in [0.25, 0.3) is 0 Å². The summed E-state index contributed by atoms with van der Waals surface area (Å²) < 4.78 is 5.88. The van der Waals surface area contributed by atoms with Gasteiger partial charge in [-0.25, -0.2) is 0 Å². The van der Waals surface area contributed by atoms with Crippen molar-refractivity contribution in [2.45, 2.75) is 26.2 Å². The number of rotatable bonds is 5. The molecule has 0 bridgehead atoms. The Labute approximate surface area is 172 Å². The van der Waals surface area contributed by atoms with Crippen LogP contribution in [-0.2, 0) is 6.42 Å². The number of nitrogens with zero attached hydrogens (tertiary/aromatic N) is 3. The van der Waals surface area contributed by atoms with E-state index in [2.05, 4.69) is 20.8 Å². The number of benzene rings is 1. The minimum absolute atomic E-state index is 0.0168. The minimum Gasteiger partial charge on any atom is -0.455 e. The Bertz CT molecular complexity index is 1120. The van der Waals surface area contributed by atoms with Crippen LogP contribution in [0.4, 0.5) is 17.1 Å². The molecule has 0 saturated heterocycles. The second kappa shape index (κ2) is 8.16. The number of non-ortho nitro benzene ring substituents is 1. The van der Waals surface area contributed by atoms with Gasteiger partial charge in [-0.15, -0.1) is 0 Å². The molecule has 0 saturated carbocycles. The quantitative estimate of drug-likeness (QED) is 0.482. The number of carbonyl (C=O) groups excluding carboxylic acids is 1. The number of amides is 1. The molecule has 9 heteroatoms. The van der Waals surface area contributed by atoms with Crippen molar-refractivity contribution in [2.24, 2.45) is 5.10 Å². The lowest BCUT2D eigenvalue weighted by Gasteiger charge is -2.13. The summed E-state index contributed by atoms with van der Waals surface area (Å²) in [7, 11) is 0. The molecule has 0 spiro atoms. The summed E-state index contributed by atoms with van der Waals surface area (Å²) >= 11 is 0. The van der Waals surface area contributed by atoms with Crippen LogP contribution < -0.4 is 10.7 Å². The van der Waals surface area contributed by atoms with Crippen molar-refractivity contribution < 1.29 is 14.1 Å². The molecule has 1 aliphatic carbocycles. The standard InChI is InChI=1S/C21H19N5O4/c1-13-19-17(25-24-14-7-9-16(10-8-14)26(28)29)5-2-6-18(19)30-20(13)21(27)23-15-4-3-11-22-12-15/h3-4,7-12,24H,2,5-6H2,1H3,(H,23,27)/b25-17+. The van der Waals surface area contributed by atoms with Gasteiger partial charge in [-0.2, -0.15) is 5.10 Å². The number of nitro benzene ring substituents is 1. The molecule has 9 nitrogen and oxygen atoms in total. The molecule has 0 radical (unpaired) electrons. The molecule has 0 atom stereocenters. The molecule has 3 aromatic rings. The summed E-state index contributed by atoms with van der Waals surface area (Å²) in [6, 6.07) is 9.52. The number of carbonyl (C=O) groups is 1. The number of furan rings is 1. The first-order valence-electron chi connectivity index (χ1n) is 9.44. The van der Waals surface area contributed by atoms with Crippen LogP contribution in [0.5, 0.6) is 0 Å². The second-order valence-corrected chi connectivity index (χ2v) is 6.88. The molecule has 1 aromatic carbocycles. The first-order chi connectivity index (χ1) is 14.5. The molecular formula is C21H19N5O4. The Kier molecular flexibility index (Phi) is 5.25. The number of pyridine rings is 1. The Balaban J connectivity index is 1.57. The molecule has 0 aliphatic heterocycles. The Hall–Kier alpha value is -4.01. The van der Waals surface area contributed by atoms with E-state index in [-0.39, 0.29) is 17.4 Å². The molecule has 152 valence electrons. The summed E-state index contributed by atoms with van der Waals surface area (Å²) in [5.74, 6) is 0.658. The molecule has 2 N–H and O–H groups in total. The number of hydrogen-bond acceptors (Lipinski definition) is 7. The number of aryl methyl sites for hydroxylation is 1. The van der Waals surface area contributed by atoms with E-state index in [1.54, 1.807) is 36.7 Å². The number of hydrazone groups is 1. The largest absolute Gasteiger partial charge is 0.455 e. The number of fused-ring (bicyclic) bond motifs is 1. The summed E-state index contributed by atoms with van der Waals surface area (Å²) in [6.07, 6.45) is 5.51. The van der Waals surface area contributed by atoms with Crippen LogP contribution in [-0.4, -0.2) is 21.5 Å². The highest BCUT2D eigenvalue weighted by atomic mass is 16.6. The molecule has 1 aliphatic rings. The first kappa shape index (κ1) is 19.3. The summed E-state index contributed by atoms with van der Waals surface area (Å²) in [5.41, 5.74) is 6.54. The Morgan fingerprint density at radius 3 is 2.70 bits per heavy atom. The van der Waals surface area contributed by atoms with Gasteiger partial charge in [-0.05, 0) is 44.0 Å². The van der Waals surface area contributed by atoms with Gasteiger partial charge in [-0.1, -0.05) is 0 Å². The van der Waals surface area contributed by atoms with E-state index in [9.17, 15) is 14.9 Å². The highest BCUT2D eigenvalue weighted by molar-refractivity contribution is 6.09. The molecule has 0 unspecified atom stereocenters. The highest BCUT2D eigenvalue weighted by Crippen LogP contribution is 2.30. The minimum atomic E-state index is -0.448. The molecule has 2 aromatic heterocycles. The number of nitrogens with one attached hydrogen (secondary N) is 2. The van der Waals surface area contributed by atoms with Crippen LogP contribution in [0.3, 0.4) is 0 Å². The maximum absolute atomic E-state index is 12.7. The third-order valence-electron chi connectivity index (χ3n) is 4.85. The van der Waals surface area contributed by atoms with Crippen molar-refractivity contribution in [2.75, 3.05) is 10.7 Å². The van der Waals surface area contributed by atoms with Gasteiger partial charge in [0.05, 0.1) is 28.2 Å². The summed E-state index contributed by atoms with van der Waals surface area (Å²) in [4.78, 5) is 27.0. The van der Waals surface area contributed by atoms with E-state index in [1.807, 2.05) is 6.92 Å². The lowest BCUT2D eigenvalue weighted by Crippen LogP contribution is -2.14. The number of aromatic nitrogens is 1. The van der Waals surface area contributed by atoms with Crippen LogP contribution in [0, 0.1) is 17.0 Å². The maximum Gasteiger partial charge on any atom is 0.291 e. The summed E-state index contributed by atoms with van der Waals surface area (Å²) in [6.45, 7) is 1.84. The van der Waals surface area contributed by atoms with Crippen LogP contribution in [0.15, 0.2) is 58.3 Å². The van der Waals surface area contributed by atoms with Gasteiger partial charge in [0.15, 0.2) is 5.76 Å². The zero-order valence-electron chi connectivity index (χ0n) is 16.2. The molecule has 0 fully saturated rings. The van der Waals surface area contributed by atoms with E-state index >= 15 is 0 Å². The fraction of sp³-hybridized carbons (Fsp3) is 0.190. The average molecular weight is 405 g/mol. The smallest absolute Gasteiger partial charge is 0.291 e. The fourth-order valence-electron chi connectivity index (χ4n) is 3.41. The fourth-order valence-corrected chi connectivity index (χ4v) is 3.41. The van der Waals surface area contributed by atoms with Crippen LogP contribution in [0.1, 0.15) is 40.3 Å². The summed E-state index contributed by atoms with van der Waals surface area (Å²) in [5, 5.41) is 18.0. The van der Waals surface area contributed by atoms with Gasteiger partial charge in [-0.3, -0.25) is 25.3 Å². The van der Waals surface area contributed by atoms with E-state index in [4.69, 9.17) is 4.42 Å². The zero-order valence-corrected chi connectivity index (χ0v) is 16.2. The van der Waals surface area contributed by atoms with Crippen LogP contribution >= 0.6 is 0 Å². The van der Waals surface area contributed by atoms with E-state index in [1.165, 1.54) is 12.1 Å². The molecule has 30 heavy (non-hydrogen) atoms. The zero-order chi connectivity index (χ0) is 21.1. The molecule has 2 heterocycles. The van der Waals surface area contributed by atoms with Gasteiger partial charge in [0.25, 0.3) is 11.6 Å². The van der Waals surface area contributed by atoms with Crippen molar-refractivity contribution in [3.05, 3.63) is 81.6 Å².